The fourth-order valence-corrected chi connectivity index (χ4v) is 1.80. The van der Waals surface area contributed by atoms with Gasteiger partial charge < -0.3 is 14.7 Å². The van der Waals surface area contributed by atoms with Gasteiger partial charge in [0.15, 0.2) is 0 Å². The van der Waals surface area contributed by atoms with E-state index in [1.165, 1.54) is 0 Å². The third kappa shape index (κ3) is 3.20. The molecular formula is C13H17NO3. The monoisotopic (exact) mass is 235 g/mol. The van der Waals surface area contributed by atoms with Crippen LogP contribution in [0.25, 0.3) is 0 Å². The number of ether oxygens (including phenoxy) is 2. The lowest BCUT2D eigenvalue weighted by atomic mass is 10.1. The Balaban J connectivity index is 1.96. The summed E-state index contributed by atoms with van der Waals surface area (Å²) < 4.78 is 11.0. The van der Waals surface area contributed by atoms with Gasteiger partial charge in [0.1, 0.15) is 5.75 Å². The summed E-state index contributed by atoms with van der Waals surface area (Å²) in [4.78, 5) is 0. The third-order valence-corrected chi connectivity index (χ3v) is 2.91. The van der Waals surface area contributed by atoms with Gasteiger partial charge in [-0.05, 0) is 25.5 Å². The summed E-state index contributed by atoms with van der Waals surface area (Å²) in [6.07, 6.45) is 1.07. The Morgan fingerprint density at radius 1 is 1.59 bits per heavy atom. The first-order valence-corrected chi connectivity index (χ1v) is 5.79. The molecule has 0 bridgehead atoms. The predicted molar refractivity (Wildman–Crippen MR) is 64.9 cm³/mol. The Bertz CT molecular complexity index is 397. The number of rotatable bonds is 4. The SMILES string of the molecule is C/C(=N/O)c1cccc(OCC2CCOC2)c1. The topological polar surface area (TPSA) is 51.1 Å². The molecule has 1 heterocycles. The van der Waals surface area contributed by atoms with Gasteiger partial charge in [-0.2, -0.15) is 0 Å². The maximum atomic E-state index is 8.71. The second-order valence-electron chi connectivity index (χ2n) is 4.25. The minimum Gasteiger partial charge on any atom is -0.493 e. The van der Waals surface area contributed by atoms with Crippen molar-refractivity contribution in [3.05, 3.63) is 29.8 Å². The number of nitrogens with zero attached hydrogens (tertiary/aromatic N) is 1. The van der Waals surface area contributed by atoms with Crippen LogP contribution >= 0.6 is 0 Å². The Labute approximate surface area is 101 Å². The average molecular weight is 235 g/mol. The van der Waals surface area contributed by atoms with Crippen LogP contribution in [-0.4, -0.2) is 30.7 Å². The van der Waals surface area contributed by atoms with Gasteiger partial charge in [0.25, 0.3) is 0 Å². The van der Waals surface area contributed by atoms with Crippen LogP contribution in [0.4, 0.5) is 0 Å². The van der Waals surface area contributed by atoms with Gasteiger partial charge in [-0.1, -0.05) is 17.3 Å². The molecule has 1 aromatic carbocycles. The molecular weight excluding hydrogens is 218 g/mol. The largest absolute Gasteiger partial charge is 0.493 e. The lowest BCUT2D eigenvalue weighted by Gasteiger charge is -2.11. The summed E-state index contributed by atoms with van der Waals surface area (Å²) in [5.41, 5.74) is 1.45. The van der Waals surface area contributed by atoms with Gasteiger partial charge in [-0.25, -0.2) is 0 Å². The highest BCUT2D eigenvalue weighted by molar-refractivity contribution is 5.98. The second kappa shape index (κ2) is 5.68. The molecule has 0 saturated carbocycles. The first-order valence-electron chi connectivity index (χ1n) is 5.79. The van der Waals surface area contributed by atoms with Gasteiger partial charge >= 0.3 is 0 Å². The molecule has 17 heavy (non-hydrogen) atoms. The predicted octanol–water partition coefficient (Wildman–Crippen LogP) is 2.30. The molecule has 1 aliphatic rings. The van der Waals surface area contributed by atoms with E-state index in [1.54, 1.807) is 6.92 Å². The quantitative estimate of drug-likeness (QED) is 0.495. The summed E-state index contributed by atoms with van der Waals surface area (Å²) in [5.74, 6) is 1.30. The van der Waals surface area contributed by atoms with Gasteiger partial charge in [-0.3, -0.25) is 0 Å². The smallest absolute Gasteiger partial charge is 0.119 e. The van der Waals surface area contributed by atoms with Crippen LogP contribution in [0.1, 0.15) is 18.9 Å². The molecule has 2 rings (SSSR count). The molecule has 0 spiro atoms. The van der Waals surface area contributed by atoms with Crippen LogP contribution in [0.3, 0.4) is 0 Å². The van der Waals surface area contributed by atoms with Gasteiger partial charge in [0.2, 0.25) is 0 Å². The van der Waals surface area contributed by atoms with E-state index in [2.05, 4.69) is 5.16 Å². The highest BCUT2D eigenvalue weighted by Crippen LogP contribution is 2.18. The van der Waals surface area contributed by atoms with Crippen molar-refractivity contribution in [3.63, 3.8) is 0 Å². The van der Waals surface area contributed by atoms with Crippen molar-refractivity contribution in [1.29, 1.82) is 0 Å². The molecule has 0 aliphatic carbocycles. The molecule has 4 heteroatoms. The highest BCUT2D eigenvalue weighted by atomic mass is 16.5. The Morgan fingerprint density at radius 2 is 2.47 bits per heavy atom. The van der Waals surface area contributed by atoms with E-state index in [4.69, 9.17) is 14.7 Å². The molecule has 1 fully saturated rings. The van der Waals surface area contributed by atoms with Crippen LogP contribution in [0, 0.1) is 5.92 Å². The van der Waals surface area contributed by atoms with Crippen molar-refractivity contribution in [3.8, 4) is 5.75 Å². The van der Waals surface area contributed by atoms with E-state index in [1.807, 2.05) is 24.3 Å². The Kier molecular flexibility index (Phi) is 3.98. The van der Waals surface area contributed by atoms with Crippen molar-refractivity contribution < 1.29 is 14.7 Å². The first-order chi connectivity index (χ1) is 8.29. The summed E-state index contributed by atoms with van der Waals surface area (Å²) in [6.45, 7) is 4.06. The van der Waals surface area contributed by atoms with Crippen molar-refractivity contribution in [2.75, 3.05) is 19.8 Å². The van der Waals surface area contributed by atoms with E-state index in [0.29, 0.717) is 18.2 Å². The van der Waals surface area contributed by atoms with Crippen LogP contribution in [0.2, 0.25) is 0 Å². The number of hydrogen-bond acceptors (Lipinski definition) is 4. The van der Waals surface area contributed by atoms with E-state index >= 15 is 0 Å². The molecule has 0 aromatic heterocycles. The third-order valence-electron chi connectivity index (χ3n) is 2.91. The van der Waals surface area contributed by atoms with Crippen LogP contribution in [-0.2, 0) is 4.74 Å². The Morgan fingerprint density at radius 3 is 3.18 bits per heavy atom. The minimum atomic E-state index is 0.492. The van der Waals surface area contributed by atoms with Gasteiger partial charge in [-0.15, -0.1) is 0 Å². The van der Waals surface area contributed by atoms with E-state index in [0.717, 1.165) is 30.9 Å². The zero-order valence-electron chi connectivity index (χ0n) is 9.93. The van der Waals surface area contributed by atoms with E-state index in [-0.39, 0.29) is 0 Å². The Hall–Kier alpha value is -1.55. The summed E-state index contributed by atoms with van der Waals surface area (Å²) >= 11 is 0. The van der Waals surface area contributed by atoms with Gasteiger partial charge in [0, 0.05) is 18.1 Å². The lowest BCUT2D eigenvalue weighted by Crippen LogP contribution is -2.11. The molecule has 0 amide bonds. The van der Waals surface area contributed by atoms with Crippen LogP contribution in [0.5, 0.6) is 5.75 Å². The molecule has 1 atom stereocenters. The molecule has 1 saturated heterocycles. The molecule has 1 aromatic rings. The highest BCUT2D eigenvalue weighted by Gasteiger charge is 2.16. The maximum Gasteiger partial charge on any atom is 0.119 e. The van der Waals surface area contributed by atoms with Crippen molar-refractivity contribution >= 4 is 5.71 Å². The maximum absolute atomic E-state index is 8.71. The first kappa shape index (κ1) is 11.9. The lowest BCUT2D eigenvalue weighted by molar-refractivity contribution is 0.167. The molecule has 1 aliphatic heterocycles. The normalized spacial score (nSPS) is 20.5. The van der Waals surface area contributed by atoms with Crippen LogP contribution in [0.15, 0.2) is 29.4 Å². The zero-order chi connectivity index (χ0) is 12.1. The number of hydrogen-bond donors (Lipinski definition) is 1. The molecule has 92 valence electrons. The molecule has 1 unspecified atom stereocenters. The zero-order valence-corrected chi connectivity index (χ0v) is 9.93. The van der Waals surface area contributed by atoms with E-state index in [9.17, 15) is 0 Å². The standard InChI is InChI=1S/C13H17NO3/c1-10(14-15)12-3-2-4-13(7-12)17-9-11-5-6-16-8-11/h2-4,7,11,15H,5-6,8-9H2,1H3/b14-10-. The molecule has 0 radical (unpaired) electrons. The average Bonchev–Trinajstić information content (AvgIpc) is 2.89. The summed E-state index contributed by atoms with van der Waals surface area (Å²) in [6, 6.07) is 7.57. The minimum absolute atomic E-state index is 0.492. The number of benzene rings is 1. The summed E-state index contributed by atoms with van der Waals surface area (Å²) in [5, 5.41) is 11.9. The molecule has 1 N–H and O–H groups in total. The second-order valence-corrected chi connectivity index (χ2v) is 4.25. The van der Waals surface area contributed by atoms with Crippen LogP contribution < -0.4 is 4.74 Å². The fraction of sp³-hybridized carbons (Fsp3) is 0.462. The molecule has 4 nitrogen and oxygen atoms in total. The summed E-state index contributed by atoms with van der Waals surface area (Å²) in [7, 11) is 0. The fourth-order valence-electron chi connectivity index (χ4n) is 1.80. The van der Waals surface area contributed by atoms with Crippen molar-refractivity contribution in [1.82, 2.24) is 0 Å². The van der Waals surface area contributed by atoms with Crippen molar-refractivity contribution in [2.24, 2.45) is 11.1 Å². The van der Waals surface area contributed by atoms with E-state index < -0.39 is 0 Å². The van der Waals surface area contributed by atoms with Gasteiger partial charge in [0.05, 0.1) is 18.9 Å². The number of oxime groups is 1. The van der Waals surface area contributed by atoms with Crippen molar-refractivity contribution in [2.45, 2.75) is 13.3 Å².